The molecule has 2 saturated heterocycles. The second-order valence-electron chi connectivity index (χ2n) is 14.7. The van der Waals surface area contributed by atoms with Gasteiger partial charge in [-0.05, 0) is 89.5 Å². The number of rotatable bonds is 13. The number of nitrogens with one attached hydrogen (secondary N) is 2. The zero-order chi connectivity index (χ0) is 37.5. The van der Waals surface area contributed by atoms with E-state index in [1.807, 2.05) is 14.0 Å². The number of hydrogen-bond acceptors (Lipinski definition) is 8. The summed E-state index contributed by atoms with van der Waals surface area (Å²) in [6.07, 6.45) is 10.2. The molecule has 14 nitrogen and oxygen atoms in total. The van der Waals surface area contributed by atoms with Gasteiger partial charge in [-0.25, -0.2) is 9.07 Å². The Morgan fingerprint density at radius 3 is 2.30 bits per heavy atom. The van der Waals surface area contributed by atoms with Crippen LogP contribution in [0.5, 0.6) is 0 Å². The van der Waals surface area contributed by atoms with Crippen molar-refractivity contribution >= 4 is 35.6 Å². The monoisotopic (exact) mass is 732 g/mol. The van der Waals surface area contributed by atoms with Crippen molar-refractivity contribution in [3.8, 4) is 0 Å². The van der Waals surface area contributed by atoms with Crippen molar-refractivity contribution in [1.29, 1.82) is 0 Å². The van der Waals surface area contributed by atoms with Crippen molar-refractivity contribution in [2.45, 2.75) is 83.0 Å². The number of carbonyl (C=O) groups is 4. The number of likely N-dealkylation sites (tertiary alicyclic amines) is 1. The van der Waals surface area contributed by atoms with Crippen LogP contribution in [0.1, 0.15) is 74.0 Å². The Balaban J connectivity index is 1.20. The molecular formula is C38H53FN10O4. The summed E-state index contributed by atoms with van der Waals surface area (Å²) < 4.78 is 19.3. The molecule has 0 bridgehead atoms. The lowest BCUT2D eigenvalue weighted by molar-refractivity contribution is -0.134. The fraction of sp³-hybridized carbons (Fsp3) is 0.579. The molecule has 1 saturated carbocycles. The number of likely N-dealkylation sites (N-methyl/N-ethyl adjacent to an activating group) is 1. The Morgan fingerprint density at radius 1 is 0.925 bits per heavy atom. The normalized spacial score (nSPS) is 19.1. The molecule has 2 aliphatic heterocycles. The summed E-state index contributed by atoms with van der Waals surface area (Å²) in [4.78, 5) is 61.8. The second-order valence-corrected chi connectivity index (χ2v) is 14.7. The maximum Gasteiger partial charge on any atom is 0.270 e. The molecule has 4 heterocycles. The molecule has 6 rings (SSSR count). The molecule has 2 atom stereocenters. The number of nitrogens with zero attached hydrogens (tertiary/aromatic N) is 8. The lowest BCUT2D eigenvalue weighted by atomic mass is 9.82. The summed E-state index contributed by atoms with van der Waals surface area (Å²) in [5.41, 5.74) is 0.851. The molecule has 4 amide bonds. The van der Waals surface area contributed by atoms with Gasteiger partial charge in [0.25, 0.3) is 5.91 Å². The molecule has 0 radical (unpaired) electrons. The smallest absolute Gasteiger partial charge is 0.270 e. The number of anilines is 2. The molecule has 1 aromatic carbocycles. The third kappa shape index (κ3) is 8.95. The van der Waals surface area contributed by atoms with Crippen molar-refractivity contribution in [2.75, 3.05) is 63.6 Å². The van der Waals surface area contributed by atoms with E-state index >= 15 is 4.39 Å². The SMILES string of the molecule is CCn1nccc1N(C=O)[C@H](C(=O)Nc1ccc(C[C@@H](NC(=O)c2ccnn2C2CCN(C)CC2)C(=O)N2CCN(C)CC2)cc1F)C1CCCCC1. The van der Waals surface area contributed by atoms with Crippen LogP contribution in [-0.2, 0) is 27.3 Å². The van der Waals surface area contributed by atoms with Gasteiger partial charge < -0.3 is 25.3 Å². The van der Waals surface area contributed by atoms with E-state index in [2.05, 4.69) is 37.7 Å². The maximum atomic E-state index is 15.9. The van der Waals surface area contributed by atoms with Gasteiger partial charge in [-0.2, -0.15) is 10.2 Å². The summed E-state index contributed by atoms with van der Waals surface area (Å²) in [6, 6.07) is 6.10. The van der Waals surface area contributed by atoms with E-state index in [-0.39, 0.29) is 30.0 Å². The summed E-state index contributed by atoms with van der Waals surface area (Å²) in [5, 5.41) is 14.5. The number of piperidine rings is 1. The first kappa shape index (κ1) is 38.1. The molecule has 53 heavy (non-hydrogen) atoms. The molecule has 0 spiro atoms. The van der Waals surface area contributed by atoms with Crippen LogP contribution in [0, 0.1) is 11.7 Å². The summed E-state index contributed by atoms with van der Waals surface area (Å²) in [7, 11) is 4.08. The highest BCUT2D eigenvalue weighted by Gasteiger charge is 2.37. The Kier molecular flexibility index (Phi) is 12.6. The van der Waals surface area contributed by atoms with Gasteiger partial charge >= 0.3 is 0 Å². The van der Waals surface area contributed by atoms with Crippen LogP contribution >= 0.6 is 0 Å². The van der Waals surface area contributed by atoms with Crippen molar-refractivity contribution in [1.82, 2.24) is 39.6 Å². The first-order valence-electron chi connectivity index (χ1n) is 19.0. The molecule has 3 aliphatic rings. The summed E-state index contributed by atoms with van der Waals surface area (Å²) in [5.74, 6) is -1.38. The van der Waals surface area contributed by atoms with E-state index in [0.717, 1.165) is 58.0 Å². The van der Waals surface area contributed by atoms with Crippen molar-refractivity contribution in [3.05, 3.63) is 59.8 Å². The van der Waals surface area contributed by atoms with Gasteiger partial charge in [-0.15, -0.1) is 0 Å². The van der Waals surface area contributed by atoms with E-state index in [1.54, 1.807) is 44.9 Å². The van der Waals surface area contributed by atoms with E-state index in [9.17, 15) is 19.2 Å². The van der Waals surface area contributed by atoms with Crippen LogP contribution in [0.3, 0.4) is 0 Å². The van der Waals surface area contributed by atoms with Crippen LogP contribution in [0.2, 0.25) is 0 Å². The van der Waals surface area contributed by atoms with Crippen LogP contribution in [-0.4, -0.2) is 124 Å². The minimum atomic E-state index is -0.952. The number of carbonyl (C=O) groups excluding carboxylic acids is 4. The van der Waals surface area contributed by atoms with Gasteiger partial charge in [0.1, 0.15) is 29.4 Å². The Bertz CT molecular complexity index is 1720. The van der Waals surface area contributed by atoms with Gasteiger partial charge in [0.05, 0.1) is 17.9 Å². The highest BCUT2D eigenvalue weighted by atomic mass is 19.1. The first-order chi connectivity index (χ1) is 25.7. The molecule has 2 N–H and O–H groups in total. The molecule has 1 aliphatic carbocycles. The number of benzene rings is 1. The van der Waals surface area contributed by atoms with Crippen LogP contribution in [0.4, 0.5) is 15.9 Å². The molecule has 2 aromatic heterocycles. The fourth-order valence-electron chi connectivity index (χ4n) is 8.00. The van der Waals surface area contributed by atoms with Gasteiger partial charge in [-0.3, -0.25) is 28.8 Å². The highest BCUT2D eigenvalue weighted by molar-refractivity contribution is 6.00. The number of piperazine rings is 1. The zero-order valence-corrected chi connectivity index (χ0v) is 31.1. The van der Waals surface area contributed by atoms with E-state index in [1.165, 1.54) is 17.0 Å². The fourth-order valence-corrected chi connectivity index (χ4v) is 8.00. The molecule has 3 fully saturated rings. The first-order valence-corrected chi connectivity index (χ1v) is 19.0. The van der Waals surface area contributed by atoms with Crippen LogP contribution < -0.4 is 15.5 Å². The number of halogens is 1. The number of aryl methyl sites for hydroxylation is 1. The second kappa shape index (κ2) is 17.5. The number of amides is 4. The molecule has 15 heteroatoms. The quantitative estimate of drug-likeness (QED) is 0.256. The minimum Gasteiger partial charge on any atom is -0.339 e. The van der Waals surface area contributed by atoms with Crippen molar-refractivity contribution < 1.29 is 23.6 Å². The predicted molar refractivity (Wildman–Crippen MR) is 199 cm³/mol. The van der Waals surface area contributed by atoms with Gasteiger partial charge in [0.15, 0.2) is 0 Å². The number of aromatic nitrogens is 4. The van der Waals surface area contributed by atoms with E-state index < -0.39 is 29.7 Å². The minimum absolute atomic E-state index is 0.0255. The predicted octanol–water partition coefficient (Wildman–Crippen LogP) is 3.17. The molecular weight excluding hydrogens is 679 g/mol. The standard InChI is InChI=1S/C38H53FN10O4/c1-4-48-34(13-17-40-48)47(26-50)35(28-8-6-5-7-9-28)37(52)42-31-11-10-27(24-30(31)39)25-32(38(53)46-22-20-45(3)21-23-46)43-36(51)33-12-16-41-49(33)29-14-18-44(2)19-15-29/h10-13,16-17,24,26,28-29,32,35H,4-9,14-15,18-23,25H2,1-3H3,(H,42,52)(H,43,51)/t32-,35+/m1/s1. The third-order valence-electron chi connectivity index (χ3n) is 11.1. The third-order valence-corrected chi connectivity index (χ3v) is 11.1. The highest BCUT2D eigenvalue weighted by Crippen LogP contribution is 2.32. The largest absolute Gasteiger partial charge is 0.339 e. The van der Waals surface area contributed by atoms with Crippen LogP contribution in [0.25, 0.3) is 0 Å². The van der Waals surface area contributed by atoms with Crippen molar-refractivity contribution in [3.63, 3.8) is 0 Å². The number of hydrogen-bond donors (Lipinski definition) is 2. The van der Waals surface area contributed by atoms with Gasteiger partial charge in [-0.1, -0.05) is 25.3 Å². The molecule has 0 unspecified atom stereocenters. The Morgan fingerprint density at radius 2 is 1.62 bits per heavy atom. The van der Waals surface area contributed by atoms with Gasteiger partial charge in [0, 0.05) is 51.4 Å². The van der Waals surface area contributed by atoms with E-state index in [0.29, 0.717) is 56.2 Å². The topological polar surface area (TPSA) is 141 Å². The summed E-state index contributed by atoms with van der Waals surface area (Å²) in [6.45, 7) is 6.69. The Labute approximate surface area is 310 Å². The molecule has 286 valence electrons. The lowest BCUT2D eigenvalue weighted by Gasteiger charge is -2.35. The van der Waals surface area contributed by atoms with Gasteiger partial charge in [0.2, 0.25) is 18.2 Å². The lowest BCUT2D eigenvalue weighted by Crippen LogP contribution is -2.55. The maximum absolute atomic E-state index is 15.9. The summed E-state index contributed by atoms with van der Waals surface area (Å²) >= 11 is 0. The Hall–Kier alpha value is -4.63. The van der Waals surface area contributed by atoms with E-state index in [4.69, 9.17) is 0 Å². The van der Waals surface area contributed by atoms with Crippen LogP contribution in [0.15, 0.2) is 42.7 Å². The average molecular weight is 733 g/mol. The van der Waals surface area contributed by atoms with Crippen molar-refractivity contribution in [2.24, 2.45) is 5.92 Å². The zero-order valence-electron chi connectivity index (χ0n) is 31.1. The molecule has 3 aromatic rings. The average Bonchev–Trinajstić information content (AvgIpc) is 3.86.